The van der Waals surface area contributed by atoms with E-state index in [1.807, 2.05) is 0 Å². The third-order valence-corrected chi connectivity index (χ3v) is 2.64. The lowest BCUT2D eigenvalue weighted by Gasteiger charge is -2.13. The lowest BCUT2D eigenvalue weighted by atomic mass is 10.2. The van der Waals surface area contributed by atoms with Crippen LogP contribution in [0.3, 0.4) is 0 Å². The number of ether oxygens (including phenoxy) is 1. The summed E-state index contributed by atoms with van der Waals surface area (Å²) in [6.45, 7) is 0.714. The van der Waals surface area contributed by atoms with E-state index in [2.05, 4.69) is 5.32 Å². The second kappa shape index (κ2) is 4.91. The highest BCUT2D eigenvalue weighted by Crippen LogP contribution is 2.24. The molecule has 1 aromatic carbocycles. The van der Waals surface area contributed by atoms with Crippen LogP contribution in [-0.2, 0) is 4.74 Å². The highest BCUT2D eigenvalue weighted by molar-refractivity contribution is 5.47. The predicted octanol–water partition coefficient (Wildman–Crippen LogP) is 2.83. The topological polar surface area (TPSA) is 21.3 Å². The Bertz CT molecular complexity index is 392. The Kier molecular flexibility index (Phi) is 3.51. The minimum absolute atomic E-state index is 0.122. The smallest absolute Gasteiger partial charge is 0.185 e. The van der Waals surface area contributed by atoms with Crippen molar-refractivity contribution in [3.8, 4) is 0 Å². The molecule has 1 N–H and O–H groups in total. The van der Waals surface area contributed by atoms with Gasteiger partial charge in [-0.25, -0.2) is 17.6 Å². The van der Waals surface area contributed by atoms with Gasteiger partial charge in [0.15, 0.2) is 23.3 Å². The van der Waals surface area contributed by atoms with Gasteiger partial charge in [-0.3, -0.25) is 0 Å². The van der Waals surface area contributed by atoms with Crippen LogP contribution in [0.25, 0.3) is 0 Å². The maximum Gasteiger partial charge on any atom is 0.185 e. The van der Waals surface area contributed by atoms with Gasteiger partial charge in [-0.1, -0.05) is 0 Å². The molecule has 1 heterocycles. The molecule has 1 atom stereocenters. The van der Waals surface area contributed by atoms with E-state index in [9.17, 15) is 17.6 Å². The van der Waals surface area contributed by atoms with E-state index in [1.165, 1.54) is 0 Å². The first-order chi connectivity index (χ1) is 8.09. The summed E-state index contributed by atoms with van der Waals surface area (Å²) in [5.41, 5.74) is -0.780. The number of hydrogen-bond donors (Lipinski definition) is 1. The minimum Gasteiger partial charge on any atom is -0.378 e. The van der Waals surface area contributed by atoms with Gasteiger partial charge in [0.2, 0.25) is 0 Å². The number of rotatable bonds is 3. The summed E-state index contributed by atoms with van der Waals surface area (Å²) in [5, 5.41) is 2.35. The van der Waals surface area contributed by atoms with Crippen molar-refractivity contribution in [2.45, 2.75) is 18.9 Å². The number of benzene rings is 1. The molecule has 1 saturated heterocycles. The Morgan fingerprint density at radius 3 is 2.35 bits per heavy atom. The molecule has 2 nitrogen and oxygen atoms in total. The van der Waals surface area contributed by atoms with Gasteiger partial charge in [0.25, 0.3) is 0 Å². The third kappa shape index (κ3) is 2.52. The van der Waals surface area contributed by atoms with E-state index in [0.29, 0.717) is 6.61 Å². The maximum absolute atomic E-state index is 13.2. The fraction of sp³-hybridized carbons (Fsp3) is 0.455. The van der Waals surface area contributed by atoms with Crippen LogP contribution < -0.4 is 5.32 Å². The van der Waals surface area contributed by atoms with Crippen LogP contribution in [0.4, 0.5) is 23.2 Å². The summed E-state index contributed by atoms with van der Waals surface area (Å²) in [5.74, 6) is -5.67. The van der Waals surface area contributed by atoms with Gasteiger partial charge < -0.3 is 10.1 Å². The summed E-state index contributed by atoms with van der Waals surface area (Å²) in [6.07, 6.45) is 1.45. The van der Waals surface area contributed by atoms with E-state index in [1.54, 1.807) is 0 Å². The third-order valence-electron chi connectivity index (χ3n) is 2.64. The second-order valence-corrected chi connectivity index (χ2v) is 3.86. The molecule has 0 aliphatic carbocycles. The molecule has 1 aliphatic heterocycles. The quantitative estimate of drug-likeness (QED) is 0.657. The largest absolute Gasteiger partial charge is 0.378 e. The zero-order valence-electron chi connectivity index (χ0n) is 8.90. The Morgan fingerprint density at radius 1 is 1.18 bits per heavy atom. The average Bonchev–Trinajstić information content (AvgIpc) is 2.79. The van der Waals surface area contributed by atoms with E-state index in [4.69, 9.17) is 4.74 Å². The van der Waals surface area contributed by atoms with Crippen molar-refractivity contribution in [3.05, 3.63) is 29.3 Å². The number of hydrogen-bond acceptors (Lipinski definition) is 2. The van der Waals surface area contributed by atoms with Gasteiger partial charge in [0.1, 0.15) is 5.69 Å². The SMILES string of the molecule is Fc1cc(F)c(F)c(NCC2CCCO2)c1F. The minimum atomic E-state index is -1.42. The zero-order valence-corrected chi connectivity index (χ0v) is 8.90. The first kappa shape index (κ1) is 12.2. The molecule has 0 amide bonds. The second-order valence-electron chi connectivity index (χ2n) is 3.86. The predicted molar refractivity (Wildman–Crippen MR) is 53.7 cm³/mol. The molecular formula is C11H11F4NO. The molecule has 0 radical (unpaired) electrons. The Morgan fingerprint density at radius 2 is 1.82 bits per heavy atom. The molecule has 0 aromatic heterocycles. The van der Waals surface area contributed by atoms with E-state index < -0.39 is 29.0 Å². The van der Waals surface area contributed by atoms with Crippen molar-refractivity contribution in [1.82, 2.24) is 0 Å². The molecule has 0 saturated carbocycles. The zero-order chi connectivity index (χ0) is 12.4. The fourth-order valence-corrected chi connectivity index (χ4v) is 1.75. The Labute approximate surface area is 95.6 Å². The van der Waals surface area contributed by atoms with Crippen molar-refractivity contribution in [3.63, 3.8) is 0 Å². The molecule has 2 rings (SSSR count). The average molecular weight is 249 g/mol. The van der Waals surface area contributed by atoms with Crippen LogP contribution in [0.2, 0.25) is 0 Å². The summed E-state index contributed by atoms with van der Waals surface area (Å²) in [6, 6.07) is 0.182. The molecule has 1 aliphatic rings. The van der Waals surface area contributed by atoms with Gasteiger partial charge in [0, 0.05) is 19.2 Å². The lowest BCUT2D eigenvalue weighted by molar-refractivity contribution is 0.120. The first-order valence-electron chi connectivity index (χ1n) is 5.28. The van der Waals surface area contributed by atoms with E-state index >= 15 is 0 Å². The fourth-order valence-electron chi connectivity index (χ4n) is 1.75. The van der Waals surface area contributed by atoms with Crippen molar-refractivity contribution in [2.24, 2.45) is 0 Å². The van der Waals surface area contributed by atoms with Crippen LogP contribution in [-0.4, -0.2) is 19.3 Å². The number of halogens is 4. The van der Waals surface area contributed by atoms with Crippen LogP contribution in [0.1, 0.15) is 12.8 Å². The highest BCUT2D eigenvalue weighted by atomic mass is 19.2. The molecule has 1 unspecified atom stereocenters. The number of anilines is 1. The summed E-state index contributed by atoms with van der Waals surface area (Å²) < 4.78 is 57.4. The van der Waals surface area contributed by atoms with Crippen LogP contribution >= 0.6 is 0 Å². The summed E-state index contributed by atoms with van der Waals surface area (Å²) in [7, 11) is 0. The van der Waals surface area contributed by atoms with Crippen LogP contribution in [0.15, 0.2) is 6.07 Å². The Hall–Kier alpha value is -1.30. The molecule has 1 fully saturated rings. The molecule has 6 heteroatoms. The Balaban J connectivity index is 2.13. The van der Waals surface area contributed by atoms with Gasteiger partial charge in [0.05, 0.1) is 6.10 Å². The van der Waals surface area contributed by atoms with Crippen LogP contribution in [0, 0.1) is 23.3 Å². The lowest BCUT2D eigenvalue weighted by Crippen LogP contribution is -2.20. The standard InChI is InChI=1S/C11H11F4NO/c12-7-4-8(13)10(15)11(9(7)14)16-5-6-2-1-3-17-6/h4,6,16H,1-3,5H2. The van der Waals surface area contributed by atoms with Gasteiger partial charge in [-0.05, 0) is 12.8 Å². The molecule has 0 spiro atoms. The molecule has 94 valence electrons. The summed E-state index contributed by atoms with van der Waals surface area (Å²) >= 11 is 0. The summed E-state index contributed by atoms with van der Waals surface area (Å²) in [4.78, 5) is 0. The molecule has 1 aromatic rings. The van der Waals surface area contributed by atoms with Crippen molar-refractivity contribution < 1.29 is 22.3 Å². The van der Waals surface area contributed by atoms with Gasteiger partial charge in [-0.2, -0.15) is 0 Å². The van der Waals surface area contributed by atoms with Gasteiger partial charge in [-0.15, -0.1) is 0 Å². The van der Waals surface area contributed by atoms with E-state index in [-0.39, 0.29) is 18.7 Å². The normalized spacial score (nSPS) is 19.6. The molecular weight excluding hydrogens is 238 g/mol. The van der Waals surface area contributed by atoms with Gasteiger partial charge >= 0.3 is 0 Å². The molecule has 17 heavy (non-hydrogen) atoms. The molecule has 0 bridgehead atoms. The first-order valence-corrected chi connectivity index (χ1v) is 5.28. The van der Waals surface area contributed by atoms with Crippen molar-refractivity contribution in [1.29, 1.82) is 0 Å². The van der Waals surface area contributed by atoms with Crippen molar-refractivity contribution >= 4 is 5.69 Å². The van der Waals surface area contributed by atoms with E-state index in [0.717, 1.165) is 12.8 Å². The van der Waals surface area contributed by atoms with Crippen molar-refractivity contribution in [2.75, 3.05) is 18.5 Å². The maximum atomic E-state index is 13.2. The van der Waals surface area contributed by atoms with Crippen LogP contribution in [0.5, 0.6) is 0 Å². The number of nitrogens with one attached hydrogen (secondary N) is 1. The highest BCUT2D eigenvalue weighted by Gasteiger charge is 2.21. The monoisotopic (exact) mass is 249 g/mol.